The van der Waals surface area contributed by atoms with Crippen LogP contribution >= 0.6 is 0 Å². The fraction of sp³-hybridized carbons (Fsp3) is 0.667. The van der Waals surface area contributed by atoms with Gasteiger partial charge >= 0.3 is 0 Å². The normalized spacial score (nSPS) is 14.3. The first kappa shape index (κ1) is 18.0. The van der Waals surface area contributed by atoms with E-state index in [0.29, 0.717) is 17.8 Å². The highest BCUT2D eigenvalue weighted by atomic mass is 16.3. The molecule has 0 saturated carbocycles. The van der Waals surface area contributed by atoms with Gasteiger partial charge in [-0.1, -0.05) is 32.9 Å². The summed E-state index contributed by atoms with van der Waals surface area (Å²) in [6.45, 7) is 12.4. The maximum Gasteiger partial charge on any atom is 0.115 e. The second-order valence-electron chi connectivity index (χ2n) is 5.79. The molecule has 1 rings (SSSR count). The molecule has 0 aromatic heterocycles. The fourth-order valence-corrected chi connectivity index (χ4v) is 2.74. The van der Waals surface area contributed by atoms with E-state index < -0.39 is 0 Å². The van der Waals surface area contributed by atoms with Crippen molar-refractivity contribution in [1.29, 1.82) is 0 Å². The number of aromatic hydroxyl groups is 1. The van der Waals surface area contributed by atoms with E-state index in [9.17, 15) is 5.11 Å². The first-order chi connectivity index (χ1) is 10.1. The topological polar surface area (TPSA) is 35.5 Å². The van der Waals surface area contributed by atoms with E-state index in [0.717, 1.165) is 19.5 Å². The largest absolute Gasteiger partial charge is 0.508 e. The van der Waals surface area contributed by atoms with Crippen LogP contribution in [-0.2, 0) is 0 Å². The monoisotopic (exact) mass is 292 g/mol. The Bertz CT molecular complexity index is 373. The highest BCUT2D eigenvalue weighted by molar-refractivity contribution is 5.28. The van der Waals surface area contributed by atoms with Crippen molar-refractivity contribution in [1.82, 2.24) is 10.2 Å². The van der Waals surface area contributed by atoms with Gasteiger partial charge in [-0.2, -0.15) is 0 Å². The summed E-state index contributed by atoms with van der Waals surface area (Å²) in [5.41, 5.74) is 1.26. The third-order valence-corrected chi connectivity index (χ3v) is 4.20. The third kappa shape index (κ3) is 6.49. The first-order valence-corrected chi connectivity index (χ1v) is 8.37. The van der Waals surface area contributed by atoms with Crippen molar-refractivity contribution < 1.29 is 5.11 Å². The van der Waals surface area contributed by atoms with Crippen molar-refractivity contribution in [3.05, 3.63) is 29.8 Å². The van der Waals surface area contributed by atoms with E-state index in [1.54, 1.807) is 12.1 Å². The van der Waals surface area contributed by atoms with Gasteiger partial charge < -0.3 is 15.3 Å². The van der Waals surface area contributed by atoms with E-state index in [4.69, 9.17) is 0 Å². The number of hydrogen-bond donors (Lipinski definition) is 2. The predicted molar refractivity (Wildman–Crippen MR) is 90.8 cm³/mol. The molecule has 0 bridgehead atoms. The Kier molecular flexibility index (Phi) is 8.40. The number of nitrogens with one attached hydrogen (secondary N) is 1. The molecule has 2 unspecified atom stereocenters. The summed E-state index contributed by atoms with van der Waals surface area (Å²) in [4.78, 5) is 2.48. The molecule has 0 heterocycles. The second kappa shape index (κ2) is 9.80. The van der Waals surface area contributed by atoms with Crippen molar-refractivity contribution in [3.8, 4) is 5.75 Å². The molecular weight excluding hydrogens is 260 g/mol. The molecule has 0 aliphatic carbocycles. The van der Waals surface area contributed by atoms with Gasteiger partial charge in [-0.3, -0.25) is 0 Å². The minimum absolute atomic E-state index is 0.334. The fourth-order valence-electron chi connectivity index (χ4n) is 2.74. The van der Waals surface area contributed by atoms with Gasteiger partial charge in [-0.25, -0.2) is 0 Å². The molecular formula is C18H32N2O. The lowest BCUT2D eigenvalue weighted by Gasteiger charge is -2.24. The lowest BCUT2D eigenvalue weighted by molar-refractivity contribution is 0.287. The van der Waals surface area contributed by atoms with Gasteiger partial charge in [0.2, 0.25) is 0 Å². The van der Waals surface area contributed by atoms with Crippen LogP contribution in [0.5, 0.6) is 5.75 Å². The smallest absolute Gasteiger partial charge is 0.115 e. The van der Waals surface area contributed by atoms with Gasteiger partial charge in [0.15, 0.2) is 0 Å². The molecule has 3 heteroatoms. The summed E-state index contributed by atoms with van der Waals surface area (Å²) in [5.74, 6) is 0.334. The number of rotatable bonds is 10. The van der Waals surface area contributed by atoms with E-state index in [1.807, 2.05) is 12.1 Å². The van der Waals surface area contributed by atoms with E-state index in [1.165, 1.54) is 24.9 Å². The van der Waals surface area contributed by atoms with Crippen LogP contribution in [-0.4, -0.2) is 35.7 Å². The predicted octanol–water partition coefficient (Wildman–Crippen LogP) is 3.94. The van der Waals surface area contributed by atoms with Crippen molar-refractivity contribution in [3.63, 3.8) is 0 Å². The minimum atomic E-state index is 0.334. The molecule has 120 valence electrons. The quantitative estimate of drug-likeness (QED) is 0.685. The average molecular weight is 292 g/mol. The van der Waals surface area contributed by atoms with Gasteiger partial charge in [0.25, 0.3) is 0 Å². The number of phenolic OH excluding ortho intramolecular Hbond substituents is 1. The molecule has 2 N–H and O–H groups in total. The Labute approximate surface area is 130 Å². The summed E-state index contributed by atoms with van der Waals surface area (Å²) in [6, 6.07) is 8.45. The van der Waals surface area contributed by atoms with Gasteiger partial charge in [0, 0.05) is 12.1 Å². The summed E-state index contributed by atoms with van der Waals surface area (Å²) in [7, 11) is 0. The van der Waals surface area contributed by atoms with Crippen LogP contribution in [0.4, 0.5) is 0 Å². The molecule has 21 heavy (non-hydrogen) atoms. The minimum Gasteiger partial charge on any atom is -0.508 e. The van der Waals surface area contributed by atoms with Crippen LogP contribution in [0.2, 0.25) is 0 Å². The van der Waals surface area contributed by atoms with Crippen molar-refractivity contribution in [2.24, 2.45) is 0 Å². The van der Waals surface area contributed by atoms with Crippen molar-refractivity contribution in [2.75, 3.05) is 19.6 Å². The standard InChI is InChI=1S/C18H32N2O/c1-5-18(16-10-12-17(21)13-11-16)19-15(4)9-8-14-20(6-2)7-3/h10-13,15,18-19,21H,5-9,14H2,1-4H3. The lowest BCUT2D eigenvalue weighted by atomic mass is 10.0. The Morgan fingerprint density at radius 1 is 1.10 bits per heavy atom. The molecule has 0 fully saturated rings. The Morgan fingerprint density at radius 3 is 2.24 bits per heavy atom. The number of hydrogen-bond acceptors (Lipinski definition) is 3. The highest BCUT2D eigenvalue weighted by Gasteiger charge is 2.12. The summed E-state index contributed by atoms with van der Waals surface area (Å²) in [5, 5.41) is 13.1. The average Bonchev–Trinajstić information content (AvgIpc) is 2.50. The molecule has 1 aromatic carbocycles. The van der Waals surface area contributed by atoms with Gasteiger partial charge in [-0.15, -0.1) is 0 Å². The third-order valence-electron chi connectivity index (χ3n) is 4.20. The van der Waals surface area contributed by atoms with Gasteiger partial charge in [-0.05, 0) is 63.5 Å². The van der Waals surface area contributed by atoms with E-state index >= 15 is 0 Å². The number of phenols is 1. The van der Waals surface area contributed by atoms with E-state index in [2.05, 4.69) is 37.9 Å². The van der Waals surface area contributed by atoms with Gasteiger partial charge in [0.1, 0.15) is 5.75 Å². The zero-order chi connectivity index (χ0) is 15.7. The van der Waals surface area contributed by atoms with Crippen molar-refractivity contribution in [2.45, 2.75) is 59.0 Å². The molecule has 0 saturated heterocycles. The molecule has 0 amide bonds. The zero-order valence-electron chi connectivity index (χ0n) is 14.1. The van der Waals surface area contributed by atoms with E-state index in [-0.39, 0.29) is 0 Å². The van der Waals surface area contributed by atoms with Crippen LogP contribution in [0.15, 0.2) is 24.3 Å². The van der Waals surface area contributed by atoms with Crippen LogP contribution in [0.1, 0.15) is 58.6 Å². The molecule has 0 spiro atoms. The molecule has 0 radical (unpaired) electrons. The van der Waals surface area contributed by atoms with Crippen LogP contribution in [0, 0.1) is 0 Å². The molecule has 0 aliphatic rings. The SMILES string of the molecule is CCC(NC(C)CCCN(CC)CC)c1ccc(O)cc1. The van der Waals surface area contributed by atoms with Crippen LogP contribution in [0.25, 0.3) is 0 Å². The summed E-state index contributed by atoms with van der Waals surface area (Å²) >= 11 is 0. The number of nitrogens with zero attached hydrogens (tertiary/aromatic N) is 1. The first-order valence-electron chi connectivity index (χ1n) is 8.37. The van der Waals surface area contributed by atoms with Crippen LogP contribution in [0.3, 0.4) is 0 Å². The maximum atomic E-state index is 9.38. The molecule has 2 atom stereocenters. The summed E-state index contributed by atoms with van der Waals surface area (Å²) < 4.78 is 0. The zero-order valence-corrected chi connectivity index (χ0v) is 14.1. The molecule has 3 nitrogen and oxygen atoms in total. The summed E-state index contributed by atoms with van der Waals surface area (Å²) in [6.07, 6.45) is 3.50. The van der Waals surface area contributed by atoms with Crippen molar-refractivity contribution >= 4 is 0 Å². The highest BCUT2D eigenvalue weighted by Crippen LogP contribution is 2.20. The second-order valence-corrected chi connectivity index (χ2v) is 5.79. The maximum absolute atomic E-state index is 9.38. The number of benzene rings is 1. The Hall–Kier alpha value is -1.06. The Morgan fingerprint density at radius 2 is 1.71 bits per heavy atom. The van der Waals surface area contributed by atoms with Crippen LogP contribution < -0.4 is 5.32 Å². The van der Waals surface area contributed by atoms with Gasteiger partial charge in [0.05, 0.1) is 0 Å². The molecule has 1 aromatic rings. The Balaban J connectivity index is 2.40. The molecule has 0 aliphatic heterocycles. The lowest BCUT2D eigenvalue weighted by Crippen LogP contribution is -2.31.